The number of nitrogens with zero attached hydrogens (tertiary/aromatic N) is 3. The molecule has 7 nitrogen and oxygen atoms in total. The molecule has 1 N–H and O–H groups in total. The van der Waals surface area contributed by atoms with E-state index < -0.39 is 28.7 Å². The zero-order chi connectivity index (χ0) is 27.5. The van der Waals surface area contributed by atoms with E-state index in [1.54, 1.807) is 38.6 Å². The highest BCUT2D eigenvalue weighted by molar-refractivity contribution is 9.09. The summed E-state index contributed by atoms with van der Waals surface area (Å²) in [6, 6.07) is -1.23. The van der Waals surface area contributed by atoms with Gasteiger partial charge in [-0.05, 0) is 25.2 Å². The van der Waals surface area contributed by atoms with Crippen LogP contribution in [0.5, 0.6) is 0 Å². The number of aliphatic hydroxyl groups excluding tert-OH is 1. The molecule has 3 amide bonds. The van der Waals surface area contributed by atoms with E-state index in [-0.39, 0.29) is 40.3 Å². The summed E-state index contributed by atoms with van der Waals surface area (Å²) < 4.78 is -0.715. The molecule has 3 aliphatic rings. The SMILES string of the molecule is C=CCN(CCCC)C(=O)C1N([C@@H](CO)C(C)C)C(=O)[C@@H]2[C@@H](C(=O)N(CC=C)CCC)[C@@H]3SC12CC3Br. The molecule has 0 radical (unpaired) electrons. The van der Waals surface area contributed by atoms with Gasteiger partial charge >= 0.3 is 0 Å². The highest BCUT2D eigenvalue weighted by Crippen LogP contribution is 2.68. The molecule has 3 unspecified atom stereocenters. The van der Waals surface area contributed by atoms with Crippen molar-refractivity contribution in [3.05, 3.63) is 25.3 Å². The Labute approximate surface area is 235 Å². The fourth-order valence-corrected chi connectivity index (χ4v) is 10.1. The summed E-state index contributed by atoms with van der Waals surface area (Å²) in [4.78, 5) is 48.0. The van der Waals surface area contributed by atoms with Crippen LogP contribution in [0.1, 0.15) is 53.4 Å². The Morgan fingerprint density at radius 3 is 2.30 bits per heavy atom. The van der Waals surface area contributed by atoms with E-state index in [2.05, 4.69) is 36.0 Å². The molecule has 3 fully saturated rings. The summed E-state index contributed by atoms with van der Waals surface area (Å²) in [5, 5.41) is 10.3. The van der Waals surface area contributed by atoms with Gasteiger partial charge in [0.1, 0.15) is 6.04 Å². The van der Waals surface area contributed by atoms with Crippen molar-refractivity contribution in [1.29, 1.82) is 0 Å². The van der Waals surface area contributed by atoms with Crippen LogP contribution in [0.3, 0.4) is 0 Å². The molecule has 7 atom stereocenters. The third-order valence-electron chi connectivity index (χ3n) is 8.16. The Hall–Kier alpha value is -1.32. The molecule has 9 heteroatoms. The zero-order valence-corrected chi connectivity index (χ0v) is 25.2. The van der Waals surface area contributed by atoms with Crippen molar-refractivity contribution < 1.29 is 19.5 Å². The largest absolute Gasteiger partial charge is 0.394 e. The van der Waals surface area contributed by atoms with E-state index in [9.17, 15) is 19.5 Å². The molecule has 208 valence electrons. The van der Waals surface area contributed by atoms with Crippen LogP contribution >= 0.6 is 27.7 Å². The number of fused-ring (bicyclic) bond motifs is 1. The molecule has 0 aromatic carbocycles. The number of carbonyl (C=O) groups excluding carboxylic acids is 3. The molecule has 0 aromatic rings. The van der Waals surface area contributed by atoms with Crippen molar-refractivity contribution in [3.8, 4) is 0 Å². The number of amides is 3. The minimum absolute atomic E-state index is 0.0214. The first-order valence-electron chi connectivity index (χ1n) is 13.7. The van der Waals surface area contributed by atoms with Crippen LogP contribution in [0.4, 0.5) is 0 Å². The molecule has 2 bridgehead atoms. The smallest absolute Gasteiger partial charge is 0.247 e. The summed E-state index contributed by atoms with van der Waals surface area (Å²) in [5.74, 6) is -1.44. The number of carbonyl (C=O) groups is 3. The van der Waals surface area contributed by atoms with Crippen LogP contribution in [-0.4, -0.2) is 97.2 Å². The van der Waals surface area contributed by atoms with E-state index in [1.165, 1.54) is 0 Å². The Morgan fingerprint density at radius 2 is 1.78 bits per heavy atom. The number of hydrogen-bond donors (Lipinski definition) is 1. The molecular weight excluding hydrogens is 554 g/mol. The van der Waals surface area contributed by atoms with Crippen molar-refractivity contribution in [1.82, 2.24) is 14.7 Å². The average molecular weight is 599 g/mol. The Balaban J connectivity index is 2.13. The van der Waals surface area contributed by atoms with Gasteiger partial charge in [0.25, 0.3) is 0 Å². The lowest BCUT2D eigenvalue weighted by molar-refractivity contribution is -0.148. The first-order chi connectivity index (χ1) is 17.6. The minimum atomic E-state index is -0.728. The van der Waals surface area contributed by atoms with E-state index in [1.807, 2.05) is 20.8 Å². The molecule has 0 aromatic heterocycles. The summed E-state index contributed by atoms with van der Waals surface area (Å²) in [6.45, 7) is 17.5. The Morgan fingerprint density at radius 1 is 1.16 bits per heavy atom. The van der Waals surface area contributed by atoms with Crippen LogP contribution in [-0.2, 0) is 14.4 Å². The minimum Gasteiger partial charge on any atom is -0.394 e. The van der Waals surface area contributed by atoms with Crippen molar-refractivity contribution in [2.45, 2.75) is 80.3 Å². The maximum atomic E-state index is 14.4. The molecular formula is C28H44BrN3O4S. The fraction of sp³-hybridized carbons (Fsp3) is 0.750. The van der Waals surface area contributed by atoms with Gasteiger partial charge in [0.05, 0.1) is 29.2 Å². The number of aliphatic hydroxyl groups is 1. The molecule has 3 saturated heterocycles. The fourth-order valence-electron chi connectivity index (χ4n) is 6.50. The zero-order valence-electron chi connectivity index (χ0n) is 22.8. The predicted octanol–water partition coefficient (Wildman–Crippen LogP) is 3.71. The number of halogens is 1. The summed E-state index contributed by atoms with van der Waals surface area (Å²) in [5.41, 5.74) is 0. The van der Waals surface area contributed by atoms with Crippen molar-refractivity contribution in [2.75, 3.05) is 32.8 Å². The second-order valence-corrected chi connectivity index (χ2v) is 13.6. The number of hydrogen-bond acceptors (Lipinski definition) is 5. The number of likely N-dealkylation sites (tertiary alicyclic amines) is 1. The van der Waals surface area contributed by atoms with Gasteiger partial charge in [0.2, 0.25) is 17.7 Å². The lowest BCUT2D eigenvalue weighted by Gasteiger charge is -2.41. The van der Waals surface area contributed by atoms with Crippen LogP contribution in [0, 0.1) is 17.8 Å². The second kappa shape index (κ2) is 12.7. The van der Waals surface area contributed by atoms with Crippen molar-refractivity contribution in [2.24, 2.45) is 17.8 Å². The van der Waals surface area contributed by atoms with Gasteiger partial charge in [-0.1, -0.05) is 62.2 Å². The summed E-state index contributed by atoms with van der Waals surface area (Å²) in [6.07, 6.45) is 6.71. The molecule has 3 rings (SSSR count). The van der Waals surface area contributed by atoms with Crippen molar-refractivity contribution >= 4 is 45.4 Å². The third kappa shape index (κ3) is 5.29. The maximum absolute atomic E-state index is 14.4. The van der Waals surface area contributed by atoms with E-state index >= 15 is 0 Å². The quantitative estimate of drug-likeness (QED) is 0.244. The number of alkyl halides is 1. The van der Waals surface area contributed by atoms with Gasteiger partial charge in [-0.3, -0.25) is 14.4 Å². The summed E-state index contributed by atoms with van der Waals surface area (Å²) in [7, 11) is 0. The second-order valence-electron chi connectivity index (χ2n) is 10.9. The van der Waals surface area contributed by atoms with Gasteiger partial charge < -0.3 is 19.8 Å². The van der Waals surface area contributed by atoms with Gasteiger partial charge in [0.15, 0.2) is 0 Å². The number of thioether (sulfide) groups is 1. The monoisotopic (exact) mass is 597 g/mol. The molecule has 1 spiro atoms. The topological polar surface area (TPSA) is 81.2 Å². The van der Waals surface area contributed by atoms with E-state index in [0.717, 1.165) is 19.3 Å². The number of rotatable bonds is 14. The molecule has 0 aliphatic carbocycles. The predicted molar refractivity (Wildman–Crippen MR) is 154 cm³/mol. The van der Waals surface area contributed by atoms with Crippen LogP contribution in [0.25, 0.3) is 0 Å². The highest BCUT2D eigenvalue weighted by Gasteiger charge is 2.76. The van der Waals surface area contributed by atoms with Gasteiger partial charge in [0, 0.05) is 36.3 Å². The Bertz CT molecular complexity index is 885. The van der Waals surface area contributed by atoms with Gasteiger partial charge in [-0.25, -0.2) is 0 Å². The molecule has 0 saturated carbocycles. The van der Waals surface area contributed by atoms with Crippen LogP contribution in [0.15, 0.2) is 25.3 Å². The van der Waals surface area contributed by atoms with Crippen LogP contribution in [0.2, 0.25) is 0 Å². The van der Waals surface area contributed by atoms with Crippen LogP contribution < -0.4 is 0 Å². The van der Waals surface area contributed by atoms with Gasteiger partial charge in [-0.2, -0.15) is 0 Å². The molecule has 3 heterocycles. The average Bonchev–Trinajstić information content (AvgIpc) is 3.45. The molecule has 37 heavy (non-hydrogen) atoms. The summed E-state index contributed by atoms with van der Waals surface area (Å²) >= 11 is 5.49. The Kier molecular flexibility index (Phi) is 10.4. The molecule has 3 aliphatic heterocycles. The van der Waals surface area contributed by atoms with E-state index in [0.29, 0.717) is 32.6 Å². The maximum Gasteiger partial charge on any atom is 0.247 e. The van der Waals surface area contributed by atoms with Crippen molar-refractivity contribution in [3.63, 3.8) is 0 Å². The first kappa shape index (κ1) is 30.2. The lowest BCUT2D eigenvalue weighted by Crippen LogP contribution is -2.58. The highest BCUT2D eigenvalue weighted by atomic mass is 79.9. The number of unbranched alkanes of at least 4 members (excludes halogenated alkanes) is 1. The first-order valence-corrected chi connectivity index (χ1v) is 15.5. The van der Waals surface area contributed by atoms with Gasteiger partial charge in [-0.15, -0.1) is 24.9 Å². The lowest BCUT2D eigenvalue weighted by atomic mass is 9.70. The normalized spacial score (nSPS) is 30.9. The van der Waals surface area contributed by atoms with E-state index in [4.69, 9.17) is 0 Å². The third-order valence-corrected chi connectivity index (χ3v) is 11.4. The standard InChI is InChI=1S/C28H44BrN3O4S/c1-7-11-15-31(14-10-4)27(36)24-28-16-19(29)23(37-28)21(25(34)30(12-8-2)13-9-3)22(28)26(35)32(24)20(17-33)18(5)6/h8,10,18-24,33H,2,4,7,9,11-17H2,1,3,5-6H3/t19?,20-,21+,22-,23+,24?,28?/m0/s1.